The van der Waals surface area contributed by atoms with Crippen LogP contribution in [0, 0.1) is 0 Å². The van der Waals surface area contributed by atoms with Gasteiger partial charge in [-0.25, -0.2) is 9.97 Å². The molecule has 0 aromatic carbocycles. The highest BCUT2D eigenvalue weighted by Gasteiger charge is 2.12. The maximum absolute atomic E-state index is 5.37. The van der Waals surface area contributed by atoms with E-state index in [4.69, 9.17) is 4.74 Å². The molecule has 0 aliphatic carbocycles. The normalized spacial score (nSPS) is 22.1. The Labute approximate surface area is 83.7 Å². The second kappa shape index (κ2) is 5.02. The van der Waals surface area contributed by atoms with E-state index >= 15 is 0 Å². The molecule has 1 aliphatic heterocycles. The zero-order valence-electron chi connectivity index (χ0n) is 8.15. The lowest BCUT2D eigenvalue weighted by Crippen LogP contribution is -2.36. The minimum Gasteiger partial charge on any atom is -0.380 e. The summed E-state index contributed by atoms with van der Waals surface area (Å²) in [6.07, 6.45) is 5.86. The average Bonchev–Trinajstić information content (AvgIpc) is 2.29. The van der Waals surface area contributed by atoms with Crippen molar-refractivity contribution in [2.45, 2.75) is 25.4 Å². The molecular weight excluding hydrogens is 178 g/mol. The lowest BCUT2D eigenvalue weighted by molar-refractivity contribution is 0.0697. The van der Waals surface area contributed by atoms with Crippen LogP contribution in [0.5, 0.6) is 0 Å². The van der Waals surface area contributed by atoms with Crippen LogP contribution in [-0.4, -0.2) is 29.2 Å². The Morgan fingerprint density at radius 2 is 2.29 bits per heavy atom. The Kier molecular flexibility index (Phi) is 3.43. The minimum atomic E-state index is 0.465. The Bertz CT molecular complexity index is 259. The van der Waals surface area contributed by atoms with Crippen molar-refractivity contribution in [2.24, 2.45) is 0 Å². The first kappa shape index (κ1) is 9.55. The Morgan fingerprint density at radius 3 is 3.00 bits per heavy atom. The van der Waals surface area contributed by atoms with Crippen LogP contribution in [0.1, 0.15) is 18.7 Å². The third kappa shape index (κ3) is 2.75. The van der Waals surface area contributed by atoms with Gasteiger partial charge in [0, 0.05) is 25.0 Å². The van der Waals surface area contributed by atoms with Gasteiger partial charge in [0.2, 0.25) is 0 Å². The Hall–Kier alpha value is -1.00. The first-order valence-electron chi connectivity index (χ1n) is 5.02. The molecule has 1 atom stereocenters. The van der Waals surface area contributed by atoms with E-state index in [2.05, 4.69) is 15.3 Å². The number of rotatable bonds is 3. The van der Waals surface area contributed by atoms with Crippen molar-refractivity contribution < 1.29 is 4.74 Å². The predicted molar refractivity (Wildman–Crippen MR) is 52.7 cm³/mol. The number of hydrogen-bond donors (Lipinski definition) is 1. The molecule has 0 bridgehead atoms. The monoisotopic (exact) mass is 193 g/mol. The summed E-state index contributed by atoms with van der Waals surface area (Å²) in [4.78, 5) is 8.30. The second-order valence-electron chi connectivity index (χ2n) is 3.46. The summed E-state index contributed by atoms with van der Waals surface area (Å²) in [7, 11) is 0. The fourth-order valence-electron chi connectivity index (χ4n) is 1.56. The first-order chi connectivity index (χ1) is 6.95. The van der Waals surface area contributed by atoms with Gasteiger partial charge in [-0.1, -0.05) is 0 Å². The van der Waals surface area contributed by atoms with Gasteiger partial charge in [0.05, 0.1) is 13.2 Å². The molecule has 1 unspecified atom stereocenters. The van der Waals surface area contributed by atoms with E-state index in [1.54, 1.807) is 12.4 Å². The highest BCUT2D eigenvalue weighted by molar-refractivity contribution is 4.88. The Morgan fingerprint density at radius 1 is 1.43 bits per heavy atom. The van der Waals surface area contributed by atoms with E-state index < -0.39 is 0 Å². The van der Waals surface area contributed by atoms with Crippen LogP contribution in [0.3, 0.4) is 0 Å². The summed E-state index contributed by atoms with van der Waals surface area (Å²) in [5.41, 5.74) is 0. The number of hydrogen-bond acceptors (Lipinski definition) is 4. The number of aromatic nitrogens is 2. The molecule has 0 spiro atoms. The Balaban J connectivity index is 1.76. The lowest BCUT2D eigenvalue weighted by Gasteiger charge is -2.22. The van der Waals surface area contributed by atoms with Crippen molar-refractivity contribution in [1.82, 2.24) is 15.3 Å². The predicted octanol–water partition coefficient (Wildman–Crippen LogP) is 0.745. The van der Waals surface area contributed by atoms with E-state index in [0.717, 1.165) is 32.0 Å². The van der Waals surface area contributed by atoms with Crippen LogP contribution < -0.4 is 5.32 Å². The summed E-state index contributed by atoms with van der Waals surface area (Å²) in [5, 5.41) is 3.39. The highest BCUT2D eigenvalue weighted by Crippen LogP contribution is 2.05. The van der Waals surface area contributed by atoms with Gasteiger partial charge >= 0.3 is 0 Å². The molecule has 4 nitrogen and oxygen atoms in total. The molecule has 1 aromatic heterocycles. The van der Waals surface area contributed by atoms with Gasteiger partial charge in [0.1, 0.15) is 5.82 Å². The number of nitrogens with one attached hydrogen (secondary N) is 1. The smallest absolute Gasteiger partial charge is 0.141 e. The standard InChI is InChI=1S/C10H15N3O/c1-3-9(8-14-6-1)13-7-10-11-4-2-5-12-10/h2,4-5,9,13H,1,3,6-8H2. The summed E-state index contributed by atoms with van der Waals surface area (Å²) in [6.45, 7) is 2.45. The van der Waals surface area contributed by atoms with E-state index in [9.17, 15) is 0 Å². The molecule has 1 aliphatic rings. The van der Waals surface area contributed by atoms with Gasteiger partial charge in [-0.2, -0.15) is 0 Å². The molecule has 1 aromatic rings. The minimum absolute atomic E-state index is 0.465. The maximum Gasteiger partial charge on any atom is 0.141 e. The third-order valence-corrected chi connectivity index (χ3v) is 2.33. The molecule has 0 amide bonds. The van der Waals surface area contributed by atoms with Gasteiger partial charge in [0.25, 0.3) is 0 Å². The zero-order valence-corrected chi connectivity index (χ0v) is 8.15. The van der Waals surface area contributed by atoms with Crippen LogP contribution in [0.15, 0.2) is 18.5 Å². The fourth-order valence-corrected chi connectivity index (χ4v) is 1.56. The molecule has 4 heteroatoms. The summed E-state index contributed by atoms with van der Waals surface area (Å²) in [6, 6.07) is 2.29. The molecule has 1 fully saturated rings. The van der Waals surface area contributed by atoms with E-state index in [1.807, 2.05) is 6.07 Å². The third-order valence-electron chi connectivity index (χ3n) is 2.33. The largest absolute Gasteiger partial charge is 0.380 e. The first-order valence-corrected chi connectivity index (χ1v) is 5.02. The van der Waals surface area contributed by atoms with E-state index in [0.29, 0.717) is 6.04 Å². The van der Waals surface area contributed by atoms with Crippen molar-refractivity contribution in [3.8, 4) is 0 Å². The van der Waals surface area contributed by atoms with Gasteiger partial charge in [-0.15, -0.1) is 0 Å². The number of ether oxygens (including phenoxy) is 1. The topological polar surface area (TPSA) is 47.0 Å². The van der Waals surface area contributed by atoms with Crippen molar-refractivity contribution in [1.29, 1.82) is 0 Å². The molecule has 0 radical (unpaired) electrons. The fraction of sp³-hybridized carbons (Fsp3) is 0.600. The van der Waals surface area contributed by atoms with Crippen LogP contribution in [0.4, 0.5) is 0 Å². The second-order valence-corrected chi connectivity index (χ2v) is 3.46. The SMILES string of the molecule is c1cnc(CNC2CCCOC2)nc1. The quantitative estimate of drug-likeness (QED) is 0.769. The molecule has 1 saturated heterocycles. The van der Waals surface area contributed by atoms with Gasteiger partial charge in [0.15, 0.2) is 0 Å². The average molecular weight is 193 g/mol. The maximum atomic E-state index is 5.37. The van der Waals surface area contributed by atoms with Crippen LogP contribution in [-0.2, 0) is 11.3 Å². The lowest BCUT2D eigenvalue weighted by atomic mass is 10.1. The van der Waals surface area contributed by atoms with Crippen molar-refractivity contribution in [3.05, 3.63) is 24.3 Å². The van der Waals surface area contributed by atoms with Crippen molar-refractivity contribution in [3.63, 3.8) is 0 Å². The van der Waals surface area contributed by atoms with Crippen LogP contribution in [0.25, 0.3) is 0 Å². The molecular formula is C10H15N3O. The summed E-state index contributed by atoms with van der Waals surface area (Å²) < 4.78 is 5.37. The van der Waals surface area contributed by atoms with Crippen LogP contribution >= 0.6 is 0 Å². The number of nitrogens with zero attached hydrogens (tertiary/aromatic N) is 2. The summed E-state index contributed by atoms with van der Waals surface area (Å²) >= 11 is 0. The molecule has 14 heavy (non-hydrogen) atoms. The molecule has 0 saturated carbocycles. The van der Waals surface area contributed by atoms with Gasteiger partial charge in [-0.3, -0.25) is 0 Å². The highest BCUT2D eigenvalue weighted by atomic mass is 16.5. The molecule has 2 rings (SSSR count). The zero-order chi connectivity index (χ0) is 9.64. The molecule has 2 heterocycles. The van der Waals surface area contributed by atoms with Gasteiger partial charge in [-0.05, 0) is 18.9 Å². The van der Waals surface area contributed by atoms with E-state index in [-0.39, 0.29) is 0 Å². The van der Waals surface area contributed by atoms with Gasteiger partial charge < -0.3 is 10.1 Å². The molecule has 1 N–H and O–H groups in total. The van der Waals surface area contributed by atoms with Crippen molar-refractivity contribution in [2.75, 3.05) is 13.2 Å². The van der Waals surface area contributed by atoms with E-state index in [1.165, 1.54) is 6.42 Å². The molecule has 76 valence electrons. The van der Waals surface area contributed by atoms with Crippen molar-refractivity contribution >= 4 is 0 Å². The van der Waals surface area contributed by atoms with Crippen LogP contribution in [0.2, 0.25) is 0 Å². The summed E-state index contributed by atoms with van der Waals surface area (Å²) in [5.74, 6) is 0.845.